The summed E-state index contributed by atoms with van der Waals surface area (Å²) in [4.78, 5) is 21.4. The Labute approximate surface area is 172 Å². The van der Waals surface area contributed by atoms with Crippen LogP contribution in [0.1, 0.15) is 22.1 Å². The molecule has 8 heteroatoms. The second-order valence-corrected chi connectivity index (χ2v) is 4.02. The smallest absolute Gasteiger partial charge is 1.00 e. The molecular formula is C9H12Li2Na2O4. The van der Waals surface area contributed by atoms with Gasteiger partial charge in [0.05, 0.1) is 0 Å². The van der Waals surface area contributed by atoms with E-state index in [-0.39, 0.29) is 112 Å². The van der Waals surface area contributed by atoms with Crippen molar-refractivity contribution in [1.82, 2.24) is 0 Å². The van der Waals surface area contributed by atoms with Crippen LogP contribution < -0.4 is 107 Å². The normalized spacial score (nSPS) is 32.2. The molecule has 2 saturated carbocycles. The first-order valence-electron chi connectivity index (χ1n) is 4.53. The molecule has 0 amide bonds. The SMILES string of the molecule is O=C([O-])C1C2CCC(C2)C1C(=O)[O-].[H-].[H-].[Li+].[Li+].[Na+].[Na+]. The molecule has 76 valence electrons. The molecule has 2 aliphatic carbocycles. The maximum atomic E-state index is 10.7. The summed E-state index contributed by atoms with van der Waals surface area (Å²) in [7, 11) is 0. The number of carbonyl (C=O) groups is 2. The number of hydrogen-bond acceptors (Lipinski definition) is 4. The number of fused-ring (bicyclic) bond motifs is 2. The molecule has 0 aromatic heterocycles. The van der Waals surface area contributed by atoms with Gasteiger partial charge in [0.25, 0.3) is 0 Å². The van der Waals surface area contributed by atoms with Crippen LogP contribution in [0.4, 0.5) is 0 Å². The van der Waals surface area contributed by atoms with Gasteiger partial charge in [0.2, 0.25) is 0 Å². The molecule has 4 nitrogen and oxygen atoms in total. The van der Waals surface area contributed by atoms with Gasteiger partial charge in [-0.15, -0.1) is 0 Å². The second-order valence-electron chi connectivity index (χ2n) is 4.02. The van der Waals surface area contributed by atoms with E-state index in [1.807, 2.05) is 0 Å². The molecule has 4 unspecified atom stereocenters. The third-order valence-electron chi connectivity index (χ3n) is 3.46. The summed E-state index contributed by atoms with van der Waals surface area (Å²) in [5.74, 6) is -4.02. The summed E-state index contributed by atoms with van der Waals surface area (Å²) in [6, 6.07) is 0. The summed E-state index contributed by atoms with van der Waals surface area (Å²) in [5, 5.41) is 21.4. The quantitative estimate of drug-likeness (QED) is 0.452. The topological polar surface area (TPSA) is 80.3 Å². The molecule has 0 N–H and O–H groups in total. The molecule has 2 aliphatic rings. The second kappa shape index (κ2) is 9.95. The Morgan fingerprint density at radius 2 is 1.18 bits per heavy atom. The molecule has 4 atom stereocenters. The van der Waals surface area contributed by atoms with Crippen molar-refractivity contribution < 1.29 is 119 Å². The van der Waals surface area contributed by atoms with Crippen molar-refractivity contribution in [2.24, 2.45) is 23.7 Å². The summed E-state index contributed by atoms with van der Waals surface area (Å²) < 4.78 is 0. The van der Waals surface area contributed by atoms with Gasteiger partial charge >= 0.3 is 96.8 Å². The van der Waals surface area contributed by atoms with Crippen LogP contribution >= 0.6 is 0 Å². The van der Waals surface area contributed by atoms with Crippen molar-refractivity contribution >= 4 is 11.9 Å². The molecule has 0 saturated heterocycles. The molecule has 0 aromatic rings. The van der Waals surface area contributed by atoms with E-state index in [0.717, 1.165) is 19.3 Å². The predicted octanol–water partition coefficient (Wildman–Crippen LogP) is -13.6. The number of carboxylic acids is 2. The van der Waals surface area contributed by atoms with Crippen LogP contribution in [-0.4, -0.2) is 11.9 Å². The molecular weight excluding hydrogens is 232 g/mol. The standard InChI is InChI=1S/C9H12O4.2Li.2Na.2H/c10-8(11)6-4-1-2-5(3-4)7(6)9(12)13;;;;;;/h4-7H,1-3H2,(H,10,11)(H,12,13);;;;;;/q;4*+1;2*-1/p-2. The van der Waals surface area contributed by atoms with Gasteiger partial charge in [-0.05, 0) is 31.1 Å². The predicted molar refractivity (Wildman–Crippen MR) is 40.0 cm³/mol. The zero-order valence-corrected chi connectivity index (χ0v) is 15.1. The molecule has 2 rings (SSSR count). The van der Waals surface area contributed by atoms with Gasteiger partial charge in [-0.3, -0.25) is 0 Å². The Hall–Kier alpha value is 2.13. The fraction of sp³-hybridized carbons (Fsp3) is 0.778. The third-order valence-corrected chi connectivity index (χ3v) is 3.46. The zero-order chi connectivity index (χ0) is 9.59. The molecule has 0 heterocycles. The largest absolute Gasteiger partial charge is 1.00 e. The molecule has 2 bridgehead atoms. The van der Waals surface area contributed by atoms with Crippen LogP contribution in [0.3, 0.4) is 0 Å². The first kappa shape index (κ1) is 24.2. The van der Waals surface area contributed by atoms with Crippen molar-refractivity contribution in [3.05, 3.63) is 0 Å². The Kier molecular flexibility index (Phi) is 14.1. The minimum Gasteiger partial charge on any atom is -1.00 e. The Balaban J connectivity index is -0.000000109. The Morgan fingerprint density at radius 1 is 0.882 bits per heavy atom. The van der Waals surface area contributed by atoms with Crippen LogP contribution in [0.2, 0.25) is 0 Å². The van der Waals surface area contributed by atoms with Crippen molar-refractivity contribution in [3.63, 3.8) is 0 Å². The molecule has 0 radical (unpaired) electrons. The molecule has 0 aliphatic heterocycles. The third kappa shape index (κ3) is 4.87. The van der Waals surface area contributed by atoms with Gasteiger partial charge in [-0.1, -0.05) is 0 Å². The number of aliphatic carboxylic acids is 2. The first-order valence-corrected chi connectivity index (χ1v) is 4.53. The van der Waals surface area contributed by atoms with E-state index in [1.54, 1.807) is 0 Å². The number of rotatable bonds is 2. The van der Waals surface area contributed by atoms with Gasteiger partial charge < -0.3 is 22.7 Å². The first-order chi connectivity index (χ1) is 6.11. The van der Waals surface area contributed by atoms with E-state index in [1.165, 1.54) is 0 Å². The van der Waals surface area contributed by atoms with Crippen LogP contribution in [0.5, 0.6) is 0 Å². The molecule has 0 spiro atoms. The molecule has 17 heavy (non-hydrogen) atoms. The van der Waals surface area contributed by atoms with E-state index >= 15 is 0 Å². The molecule has 2 fully saturated rings. The molecule has 0 aromatic carbocycles. The van der Waals surface area contributed by atoms with E-state index < -0.39 is 23.8 Å². The number of carboxylic acid groups (broad SMARTS) is 2. The summed E-state index contributed by atoms with van der Waals surface area (Å²) in [5.41, 5.74) is 0. The monoisotopic (exact) mass is 244 g/mol. The summed E-state index contributed by atoms with van der Waals surface area (Å²) in [6.07, 6.45) is 2.37. The van der Waals surface area contributed by atoms with E-state index in [0.29, 0.717) is 0 Å². The summed E-state index contributed by atoms with van der Waals surface area (Å²) in [6.45, 7) is 0. The zero-order valence-electron chi connectivity index (χ0n) is 13.1. The van der Waals surface area contributed by atoms with Crippen LogP contribution in [0.15, 0.2) is 0 Å². The minimum absolute atomic E-state index is 0. The Bertz CT molecular complexity index is 261. The average molecular weight is 244 g/mol. The van der Waals surface area contributed by atoms with Gasteiger partial charge in [0, 0.05) is 23.8 Å². The maximum Gasteiger partial charge on any atom is 1.00 e. The van der Waals surface area contributed by atoms with Gasteiger partial charge in [0.15, 0.2) is 0 Å². The minimum atomic E-state index is -1.22. The van der Waals surface area contributed by atoms with Crippen molar-refractivity contribution in [2.45, 2.75) is 19.3 Å². The van der Waals surface area contributed by atoms with Crippen LogP contribution in [0.25, 0.3) is 0 Å². The van der Waals surface area contributed by atoms with Crippen LogP contribution in [-0.2, 0) is 9.59 Å². The van der Waals surface area contributed by atoms with Crippen molar-refractivity contribution in [1.29, 1.82) is 0 Å². The van der Waals surface area contributed by atoms with Gasteiger partial charge in [0.1, 0.15) is 0 Å². The Morgan fingerprint density at radius 3 is 1.41 bits per heavy atom. The van der Waals surface area contributed by atoms with E-state index in [2.05, 4.69) is 0 Å². The fourth-order valence-corrected chi connectivity index (χ4v) is 2.97. The van der Waals surface area contributed by atoms with Gasteiger partial charge in [-0.2, -0.15) is 0 Å². The van der Waals surface area contributed by atoms with Crippen molar-refractivity contribution in [3.8, 4) is 0 Å². The van der Waals surface area contributed by atoms with E-state index in [9.17, 15) is 19.8 Å². The number of hydrogen-bond donors (Lipinski definition) is 0. The number of carbonyl (C=O) groups excluding carboxylic acids is 2. The van der Waals surface area contributed by atoms with E-state index in [4.69, 9.17) is 0 Å². The summed E-state index contributed by atoms with van der Waals surface area (Å²) >= 11 is 0. The fourth-order valence-electron chi connectivity index (χ4n) is 2.97. The van der Waals surface area contributed by atoms with Crippen molar-refractivity contribution in [2.75, 3.05) is 0 Å². The maximum absolute atomic E-state index is 10.7. The van der Waals surface area contributed by atoms with Crippen LogP contribution in [0, 0.1) is 23.7 Å². The van der Waals surface area contributed by atoms with Gasteiger partial charge in [-0.25, -0.2) is 0 Å². The average Bonchev–Trinajstić information content (AvgIpc) is 2.60.